The van der Waals surface area contributed by atoms with Crippen LogP contribution in [-0.2, 0) is 0 Å². The van der Waals surface area contributed by atoms with Crippen LogP contribution in [0, 0.1) is 5.92 Å². The number of hydrogen-bond acceptors (Lipinski definition) is 3. The van der Waals surface area contributed by atoms with Gasteiger partial charge in [0.2, 0.25) is 0 Å². The van der Waals surface area contributed by atoms with Gasteiger partial charge in [0, 0.05) is 37.9 Å². The molecule has 108 valence electrons. The van der Waals surface area contributed by atoms with Crippen LogP contribution in [0.25, 0.3) is 0 Å². The van der Waals surface area contributed by atoms with Crippen molar-refractivity contribution in [2.24, 2.45) is 5.92 Å². The van der Waals surface area contributed by atoms with Crippen molar-refractivity contribution >= 4 is 5.69 Å². The first-order chi connectivity index (χ1) is 9.04. The van der Waals surface area contributed by atoms with E-state index in [1.165, 1.54) is 32.5 Å². The first-order valence-corrected chi connectivity index (χ1v) is 7.57. The van der Waals surface area contributed by atoms with E-state index in [1.54, 1.807) is 0 Å². The van der Waals surface area contributed by atoms with Crippen LogP contribution in [0.1, 0.15) is 46.6 Å². The van der Waals surface area contributed by atoms with Gasteiger partial charge in [-0.05, 0) is 32.6 Å². The third-order valence-corrected chi connectivity index (χ3v) is 3.71. The summed E-state index contributed by atoms with van der Waals surface area (Å²) in [5.74, 6) is 0.772. The molecule has 0 saturated carbocycles. The summed E-state index contributed by atoms with van der Waals surface area (Å²) in [6.07, 6.45) is 6.53. The zero-order chi connectivity index (χ0) is 13.8. The zero-order valence-corrected chi connectivity index (χ0v) is 12.8. The van der Waals surface area contributed by atoms with E-state index < -0.39 is 0 Å². The minimum Gasteiger partial charge on any atom is -0.380 e. The van der Waals surface area contributed by atoms with Gasteiger partial charge in [-0.1, -0.05) is 13.8 Å². The molecule has 0 unspecified atom stereocenters. The Morgan fingerprint density at radius 1 is 1.26 bits per heavy atom. The van der Waals surface area contributed by atoms with E-state index >= 15 is 0 Å². The van der Waals surface area contributed by atoms with Crippen molar-refractivity contribution in [3.63, 3.8) is 0 Å². The molecule has 4 nitrogen and oxygen atoms in total. The van der Waals surface area contributed by atoms with Crippen molar-refractivity contribution in [1.29, 1.82) is 0 Å². The van der Waals surface area contributed by atoms with Crippen molar-refractivity contribution in [2.45, 2.75) is 52.6 Å². The second kappa shape index (κ2) is 6.42. The van der Waals surface area contributed by atoms with Gasteiger partial charge in [0.1, 0.15) is 0 Å². The summed E-state index contributed by atoms with van der Waals surface area (Å²) in [4.78, 5) is 2.58. The molecule has 4 heteroatoms. The van der Waals surface area contributed by atoms with Crippen molar-refractivity contribution in [3.05, 3.63) is 12.4 Å². The molecule has 1 saturated heterocycles. The molecule has 19 heavy (non-hydrogen) atoms. The highest BCUT2D eigenvalue weighted by atomic mass is 15.3. The van der Waals surface area contributed by atoms with Gasteiger partial charge in [-0.15, -0.1) is 0 Å². The number of anilines is 1. The molecule has 1 fully saturated rings. The van der Waals surface area contributed by atoms with Crippen molar-refractivity contribution in [2.75, 3.05) is 25.0 Å². The number of likely N-dealkylation sites (tertiary alicyclic amines) is 1. The summed E-state index contributed by atoms with van der Waals surface area (Å²) in [6, 6.07) is 1.04. The molecule has 1 N–H and O–H groups in total. The summed E-state index contributed by atoms with van der Waals surface area (Å²) in [6.45, 7) is 12.6. The third kappa shape index (κ3) is 4.23. The Morgan fingerprint density at radius 3 is 2.47 bits per heavy atom. The number of nitrogens with one attached hydrogen (secondary N) is 1. The first kappa shape index (κ1) is 14.4. The topological polar surface area (TPSA) is 33.1 Å². The number of rotatable bonds is 5. The van der Waals surface area contributed by atoms with Crippen molar-refractivity contribution in [3.8, 4) is 0 Å². The van der Waals surface area contributed by atoms with E-state index in [0.717, 1.165) is 11.6 Å². The summed E-state index contributed by atoms with van der Waals surface area (Å²) in [5, 5.41) is 8.00. The molecule has 0 aromatic carbocycles. The molecule has 0 spiro atoms. The smallest absolute Gasteiger partial charge is 0.0728 e. The molecule has 0 amide bonds. The summed E-state index contributed by atoms with van der Waals surface area (Å²) >= 11 is 0. The average molecular weight is 264 g/mol. The molecule has 2 rings (SSSR count). The Morgan fingerprint density at radius 2 is 1.95 bits per heavy atom. The molecule has 2 heterocycles. The van der Waals surface area contributed by atoms with Gasteiger partial charge in [0.15, 0.2) is 0 Å². The molecule has 1 aliphatic heterocycles. The van der Waals surface area contributed by atoms with Gasteiger partial charge >= 0.3 is 0 Å². The molecular weight excluding hydrogens is 236 g/mol. The fraction of sp³-hybridized carbons (Fsp3) is 0.800. The lowest BCUT2D eigenvalue weighted by atomic mass is 10.0. The van der Waals surface area contributed by atoms with Crippen LogP contribution in [0.2, 0.25) is 0 Å². The predicted molar refractivity (Wildman–Crippen MR) is 80.5 cm³/mol. The van der Waals surface area contributed by atoms with E-state index in [9.17, 15) is 0 Å². The largest absolute Gasteiger partial charge is 0.380 e. The highest BCUT2D eigenvalue weighted by molar-refractivity contribution is 5.39. The summed E-state index contributed by atoms with van der Waals surface area (Å²) in [5.41, 5.74) is 1.16. The quantitative estimate of drug-likeness (QED) is 0.887. The highest BCUT2D eigenvalue weighted by Crippen LogP contribution is 2.18. The van der Waals surface area contributed by atoms with E-state index in [2.05, 4.69) is 49.2 Å². The van der Waals surface area contributed by atoms with Crippen LogP contribution in [-0.4, -0.2) is 40.4 Å². The van der Waals surface area contributed by atoms with Crippen LogP contribution in [0.4, 0.5) is 5.69 Å². The first-order valence-electron chi connectivity index (χ1n) is 7.57. The standard InChI is InChI=1S/C15H28N4/c1-12(2)10-18-7-5-14(6-8-18)17-15-9-16-19(11-15)13(3)4/h9,11-14,17H,5-8,10H2,1-4H3. The van der Waals surface area contributed by atoms with Crippen LogP contribution in [0.3, 0.4) is 0 Å². The summed E-state index contributed by atoms with van der Waals surface area (Å²) < 4.78 is 2.01. The molecule has 1 aromatic heterocycles. The molecule has 0 atom stereocenters. The lowest BCUT2D eigenvalue weighted by molar-refractivity contribution is 0.198. The Hall–Kier alpha value is -1.03. The molecular formula is C15H28N4. The average Bonchev–Trinajstić information content (AvgIpc) is 2.80. The monoisotopic (exact) mass is 264 g/mol. The molecule has 0 aliphatic carbocycles. The molecule has 1 aliphatic rings. The minimum absolute atomic E-state index is 0.434. The third-order valence-electron chi connectivity index (χ3n) is 3.71. The maximum Gasteiger partial charge on any atom is 0.0728 e. The molecule has 1 aromatic rings. The van der Waals surface area contributed by atoms with Crippen molar-refractivity contribution < 1.29 is 0 Å². The van der Waals surface area contributed by atoms with Crippen LogP contribution >= 0.6 is 0 Å². The van der Waals surface area contributed by atoms with E-state index in [-0.39, 0.29) is 0 Å². The minimum atomic E-state index is 0.434. The van der Waals surface area contributed by atoms with Crippen LogP contribution in [0.5, 0.6) is 0 Å². The van der Waals surface area contributed by atoms with Gasteiger partial charge in [-0.2, -0.15) is 5.10 Å². The van der Waals surface area contributed by atoms with E-state index in [0.29, 0.717) is 12.1 Å². The summed E-state index contributed by atoms with van der Waals surface area (Å²) in [7, 11) is 0. The van der Waals surface area contributed by atoms with Gasteiger partial charge in [-0.25, -0.2) is 0 Å². The predicted octanol–water partition coefficient (Wildman–Crippen LogP) is 3.00. The normalized spacial score (nSPS) is 18.4. The maximum absolute atomic E-state index is 4.38. The Balaban J connectivity index is 1.78. The van der Waals surface area contributed by atoms with Crippen molar-refractivity contribution in [1.82, 2.24) is 14.7 Å². The highest BCUT2D eigenvalue weighted by Gasteiger charge is 2.19. The van der Waals surface area contributed by atoms with E-state index in [1.807, 2.05) is 10.9 Å². The fourth-order valence-corrected chi connectivity index (χ4v) is 2.71. The Kier molecular flexibility index (Phi) is 4.86. The zero-order valence-electron chi connectivity index (χ0n) is 12.8. The van der Waals surface area contributed by atoms with Gasteiger partial charge in [-0.3, -0.25) is 4.68 Å². The lowest BCUT2D eigenvalue weighted by Gasteiger charge is -2.33. The van der Waals surface area contributed by atoms with E-state index in [4.69, 9.17) is 0 Å². The second-order valence-electron chi connectivity index (χ2n) is 6.42. The Labute approximate surface area is 117 Å². The fourth-order valence-electron chi connectivity index (χ4n) is 2.71. The number of nitrogens with zero attached hydrogens (tertiary/aromatic N) is 3. The van der Waals surface area contributed by atoms with Gasteiger partial charge < -0.3 is 10.2 Å². The number of aromatic nitrogens is 2. The Bertz CT molecular complexity index is 375. The van der Waals surface area contributed by atoms with Crippen LogP contribution < -0.4 is 5.32 Å². The lowest BCUT2D eigenvalue weighted by Crippen LogP contribution is -2.40. The SMILES string of the molecule is CC(C)CN1CCC(Nc2cnn(C(C)C)c2)CC1. The number of piperidine rings is 1. The molecule has 0 radical (unpaired) electrons. The molecule has 0 bridgehead atoms. The van der Waals surface area contributed by atoms with Crippen LogP contribution in [0.15, 0.2) is 12.4 Å². The second-order valence-corrected chi connectivity index (χ2v) is 6.42. The van der Waals surface area contributed by atoms with Gasteiger partial charge in [0.25, 0.3) is 0 Å². The van der Waals surface area contributed by atoms with Gasteiger partial charge in [0.05, 0.1) is 11.9 Å². The maximum atomic E-state index is 4.38. The number of hydrogen-bond donors (Lipinski definition) is 1.